The van der Waals surface area contributed by atoms with Crippen LogP contribution in [0.25, 0.3) is 0 Å². The minimum atomic E-state index is 0.443. The lowest BCUT2D eigenvalue weighted by atomic mass is 10.1. The predicted octanol–water partition coefficient (Wildman–Crippen LogP) is 1.62. The maximum Gasteiger partial charge on any atom is 0.0160 e. The number of rotatable bonds is 7. The zero-order valence-corrected chi connectivity index (χ0v) is 8.71. The highest BCUT2D eigenvalue weighted by Gasteiger charge is 2.28. The van der Waals surface area contributed by atoms with Gasteiger partial charge >= 0.3 is 0 Å². The third kappa shape index (κ3) is 3.92. The van der Waals surface area contributed by atoms with E-state index in [4.69, 9.17) is 5.73 Å². The van der Waals surface area contributed by atoms with Crippen LogP contribution in [0.4, 0.5) is 0 Å². The Balaban J connectivity index is 2.10. The summed E-state index contributed by atoms with van der Waals surface area (Å²) in [6.45, 7) is 9.16. The van der Waals surface area contributed by atoms with E-state index in [9.17, 15) is 0 Å². The van der Waals surface area contributed by atoms with E-state index >= 15 is 0 Å². The van der Waals surface area contributed by atoms with Crippen LogP contribution in [0.15, 0.2) is 12.7 Å². The Bertz CT molecular complexity index is 152. The highest BCUT2D eigenvalue weighted by Crippen LogP contribution is 2.32. The molecule has 1 aliphatic carbocycles. The van der Waals surface area contributed by atoms with E-state index in [0.29, 0.717) is 6.04 Å². The molecule has 1 unspecified atom stereocenters. The molecule has 76 valence electrons. The van der Waals surface area contributed by atoms with Crippen LogP contribution in [0.5, 0.6) is 0 Å². The molecule has 0 spiro atoms. The summed E-state index contributed by atoms with van der Waals surface area (Å²) in [7, 11) is 0. The van der Waals surface area contributed by atoms with Gasteiger partial charge in [-0.3, -0.25) is 4.90 Å². The summed E-state index contributed by atoms with van der Waals surface area (Å²) in [5, 5.41) is 0. The Kier molecular flexibility index (Phi) is 4.46. The smallest absolute Gasteiger partial charge is 0.0160 e. The van der Waals surface area contributed by atoms with Gasteiger partial charge in [-0.15, -0.1) is 6.58 Å². The fourth-order valence-electron chi connectivity index (χ4n) is 1.65. The monoisotopic (exact) mass is 182 g/mol. The standard InChI is InChI=1S/C11H22N2/c1-3-8-13(4-2)9-7-11(12)10-5-6-10/h3,10-11H,1,4-9,12H2,2H3. The number of hydrogen-bond acceptors (Lipinski definition) is 2. The van der Waals surface area contributed by atoms with Gasteiger partial charge in [-0.2, -0.15) is 0 Å². The van der Waals surface area contributed by atoms with Gasteiger partial charge in [-0.25, -0.2) is 0 Å². The first kappa shape index (κ1) is 10.7. The lowest BCUT2D eigenvalue weighted by Crippen LogP contribution is -2.31. The second kappa shape index (κ2) is 5.40. The molecule has 0 aromatic rings. The molecule has 0 bridgehead atoms. The lowest BCUT2D eigenvalue weighted by molar-refractivity contribution is 0.299. The average Bonchev–Trinajstić information content (AvgIpc) is 2.94. The van der Waals surface area contributed by atoms with Crippen molar-refractivity contribution in [1.29, 1.82) is 0 Å². The Morgan fingerprint density at radius 2 is 2.31 bits per heavy atom. The van der Waals surface area contributed by atoms with E-state index in [1.165, 1.54) is 12.8 Å². The van der Waals surface area contributed by atoms with Crippen molar-refractivity contribution < 1.29 is 0 Å². The quantitative estimate of drug-likeness (QED) is 0.606. The van der Waals surface area contributed by atoms with Gasteiger partial charge in [0.2, 0.25) is 0 Å². The van der Waals surface area contributed by atoms with Gasteiger partial charge < -0.3 is 5.73 Å². The van der Waals surface area contributed by atoms with Crippen LogP contribution in [-0.4, -0.2) is 30.6 Å². The first-order chi connectivity index (χ1) is 6.27. The molecule has 0 saturated heterocycles. The second-order valence-electron chi connectivity index (χ2n) is 3.97. The zero-order valence-electron chi connectivity index (χ0n) is 8.71. The molecular formula is C11H22N2. The largest absolute Gasteiger partial charge is 0.327 e. The van der Waals surface area contributed by atoms with Gasteiger partial charge in [-0.05, 0) is 38.3 Å². The molecule has 1 saturated carbocycles. The Morgan fingerprint density at radius 3 is 2.77 bits per heavy atom. The molecule has 0 aromatic heterocycles. The average molecular weight is 182 g/mol. The molecule has 1 rings (SSSR count). The highest BCUT2D eigenvalue weighted by molar-refractivity contribution is 4.85. The second-order valence-corrected chi connectivity index (χ2v) is 3.97. The molecule has 0 heterocycles. The molecule has 2 N–H and O–H groups in total. The Morgan fingerprint density at radius 1 is 1.62 bits per heavy atom. The number of hydrogen-bond donors (Lipinski definition) is 1. The summed E-state index contributed by atoms with van der Waals surface area (Å²) >= 11 is 0. The number of likely N-dealkylation sites (N-methyl/N-ethyl adjacent to an activating group) is 1. The zero-order chi connectivity index (χ0) is 9.68. The maximum atomic E-state index is 6.03. The van der Waals surface area contributed by atoms with E-state index in [2.05, 4.69) is 18.4 Å². The van der Waals surface area contributed by atoms with E-state index < -0.39 is 0 Å². The molecule has 0 amide bonds. The predicted molar refractivity (Wildman–Crippen MR) is 57.6 cm³/mol. The van der Waals surface area contributed by atoms with Crippen molar-refractivity contribution in [2.45, 2.75) is 32.2 Å². The van der Waals surface area contributed by atoms with E-state index in [1.54, 1.807) is 0 Å². The molecule has 0 aromatic carbocycles. The number of nitrogens with zero attached hydrogens (tertiary/aromatic N) is 1. The first-order valence-electron chi connectivity index (χ1n) is 5.36. The SMILES string of the molecule is C=CCN(CC)CCC(N)C1CC1. The fraction of sp³-hybridized carbons (Fsp3) is 0.818. The van der Waals surface area contributed by atoms with Gasteiger partial charge in [0.25, 0.3) is 0 Å². The van der Waals surface area contributed by atoms with Gasteiger partial charge in [0.05, 0.1) is 0 Å². The third-order valence-corrected chi connectivity index (χ3v) is 2.84. The summed E-state index contributed by atoms with van der Waals surface area (Å²) in [6.07, 6.45) is 5.82. The third-order valence-electron chi connectivity index (χ3n) is 2.84. The van der Waals surface area contributed by atoms with Crippen LogP contribution in [0.1, 0.15) is 26.2 Å². The highest BCUT2D eigenvalue weighted by atomic mass is 15.1. The van der Waals surface area contributed by atoms with Crippen LogP contribution < -0.4 is 5.73 Å². The van der Waals surface area contributed by atoms with Crippen LogP contribution >= 0.6 is 0 Å². The summed E-state index contributed by atoms with van der Waals surface area (Å²) in [5.41, 5.74) is 6.03. The normalized spacial score (nSPS) is 19.0. The Hall–Kier alpha value is -0.340. The van der Waals surface area contributed by atoms with Crippen molar-refractivity contribution in [1.82, 2.24) is 4.90 Å². The molecule has 1 fully saturated rings. The molecule has 13 heavy (non-hydrogen) atoms. The minimum Gasteiger partial charge on any atom is -0.327 e. The summed E-state index contributed by atoms with van der Waals surface area (Å²) in [5.74, 6) is 0.836. The van der Waals surface area contributed by atoms with Crippen LogP contribution in [0.3, 0.4) is 0 Å². The summed E-state index contributed by atoms with van der Waals surface area (Å²) < 4.78 is 0. The fourth-order valence-corrected chi connectivity index (χ4v) is 1.65. The van der Waals surface area contributed by atoms with Crippen molar-refractivity contribution in [3.05, 3.63) is 12.7 Å². The molecule has 1 atom stereocenters. The van der Waals surface area contributed by atoms with Crippen molar-refractivity contribution in [2.75, 3.05) is 19.6 Å². The molecule has 2 heteroatoms. The van der Waals surface area contributed by atoms with E-state index in [1.807, 2.05) is 6.08 Å². The molecule has 0 aliphatic heterocycles. The van der Waals surface area contributed by atoms with Crippen molar-refractivity contribution >= 4 is 0 Å². The first-order valence-corrected chi connectivity index (χ1v) is 5.36. The lowest BCUT2D eigenvalue weighted by Gasteiger charge is -2.20. The van der Waals surface area contributed by atoms with Gasteiger partial charge in [-0.1, -0.05) is 13.0 Å². The number of nitrogens with two attached hydrogens (primary N) is 1. The van der Waals surface area contributed by atoms with E-state index in [0.717, 1.165) is 32.0 Å². The molecule has 2 nitrogen and oxygen atoms in total. The van der Waals surface area contributed by atoms with Gasteiger partial charge in [0.15, 0.2) is 0 Å². The van der Waals surface area contributed by atoms with Crippen LogP contribution in [0, 0.1) is 5.92 Å². The molecule has 1 aliphatic rings. The van der Waals surface area contributed by atoms with Gasteiger partial charge in [0.1, 0.15) is 0 Å². The van der Waals surface area contributed by atoms with Crippen LogP contribution in [0.2, 0.25) is 0 Å². The van der Waals surface area contributed by atoms with Crippen molar-refractivity contribution in [3.63, 3.8) is 0 Å². The molecular weight excluding hydrogens is 160 g/mol. The van der Waals surface area contributed by atoms with Crippen molar-refractivity contribution in [2.24, 2.45) is 11.7 Å². The topological polar surface area (TPSA) is 29.3 Å². The summed E-state index contributed by atoms with van der Waals surface area (Å²) in [4.78, 5) is 2.38. The van der Waals surface area contributed by atoms with Crippen LogP contribution in [-0.2, 0) is 0 Å². The summed E-state index contributed by atoms with van der Waals surface area (Å²) in [6, 6.07) is 0.443. The molecule has 0 radical (unpaired) electrons. The Labute approximate surface area is 81.8 Å². The van der Waals surface area contributed by atoms with Gasteiger partial charge in [0, 0.05) is 12.6 Å². The minimum absolute atomic E-state index is 0.443. The van der Waals surface area contributed by atoms with Crippen molar-refractivity contribution in [3.8, 4) is 0 Å². The van der Waals surface area contributed by atoms with E-state index in [-0.39, 0.29) is 0 Å². The maximum absolute atomic E-state index is 6.03.